The van der Waals surface area contributed by atoms with Crippen molar-refractivity contribution in [2.45, 2.75) is 33.6 Å². The number of rotatable bonds is 4. The van der Waals surface area contributed by atoms with Gasteiger partial charge in [-0.05, 0) is 43.4 Å². The Hall–Kier alpha value is -1.18. The molecule has 0 fully saturated rings. The van der Waals surface area contributed by atoms with Gasteiger partial charge in [0.1, 0.15) is 5.82 Å². The molecule has 0 amide bonds. The van der Waals surface area contributed by atoms with Crippen molar-refractivity contribution < 1.29 is 4.39 Å². The van der Waals surface area contributed by atoms with E-state index in [2.05, 4.69) is 13.8 Å². The van der Waals surface area contributed by atoms with Crippen molar-refractivity contribution in [3.05, 3.63) is 35.1 Å². The van der Waals surface area contributed by atoms with Crippen LogP contribution in [0.25, 0.3) is 0 Å². The molecule has 2 heteroatoms. The summed E-state index contributed by atoms with van der Waals surface area (Å²) in [4.78, 5) is 0. The average Bonchev–Trinajstić information content (AvgIpc) is 2.14. The highest BCUT2D eigenvalue weighted by molar-refractivity contribution is 5.98. The van der Waals surface area contributed by atoms with Crippen molar-refractivity contribution in [2.24, 2.45) is 5.92 Å². The zero-order valence-electron chi connectivity index (χ0n) is 9.60. The Labute approximate surface area is 90.8 Å². The van der Waals surface area contributed by atoms with Gasteiger partial charge in [0.2, 0.25) is 0 Å². The van der Waals surface area contributed by atoms with E-state index in [1.807, 2.05) is 13.0 Å². The Morgan fingerprint density at radius 1 is 1.40 bits per heavy atom. The van der Waals surface area contributed by atoms with Crippen LogP contribution >= 0.6 is 0 Å². The van der Waals surface area contributed by atoms with Crippen molar-refractivity contribution >= 4 is 5.71 Å². The lowest BCUT2D eigenvalue weighted by atomic mass is 9.99. The van der Waals surface area contributed by atoms with E-state index in [-0.39, 0.29) is 5.82 Å². The summed E-state index contributed by atoms with van der Waals surface area (Å²) in [7, 11) is 0. The molecule has 0 saturated carbocycles. The normalized spacial score (nSPS) is 10.7. The van der Waals surface area contributed by atoms with Gasteiger partial charge in [0.25, 0.3) is 0 Å². The summed E-state index contributed by atoms with van der Waals surface area (Å²) >= 11 is 0. The molecule has 1 aromatic rings. The Bertz CT molecular complexity index is 356. The molecule has 0 saturated heterocycles. The molecule has 1 nitrogen and oxygen atoms in total. The topological polar surface area (TPSA) is 23.9 Å². The van der Waals surface area contributed by atoms with Crippen LogP contribution in [0.5, 0.6) is 0 Å². The Morgan fingerprint density at radius 3 is 2.60 bits per heavy atom. The predicted molar refractivity (Wildman–Crippen MR) is 62.0 cm³/mol. The number of benzene rings is 1. The molecule has 0 aromatic heterocycles. The van der Waals surface area contributed by atoms with Crippen LogP contribution in [0.4, 0.5) is 4.39 Å². The number of hydrogen-bond acceptors (Lipinski definition) is 1. The molecule has 0 spiro atoms. The van der Waals surface area contributed by atoms with Crippen LogP contribution in [-0.2, 0) is 0 Å². The average molecular weight is 207 g/mol. The van der Waals surface area contributed by atoms with E-state index in [0.29, 0.717) is 23.6 Å². The summed E-state index contributed by atoms with van der Waals surface area (Å²) < 4.78 is 13.5. The molecule has 0 unspecified atom stereocenters. The van der Waals surface area contributed by atoms with E-state index >= 15 is 0 Å². The van der Waals surface area contributed by atoms with E-state index in [4.69, 9.17) is 5.41 Å². The number of nitrogens with one attached hydrogen (secondary N) is 1. The molecule has 0 atom stereocenters. The summed E-state index contributed by atoms with van der Waals surface area (Å²) in [6, 6.07) is 5.04. The fraction of sp³-hybridized carbons (Fsp3) is 0.462. The van der Waals surface area contributed by atoms with Gasteiger partial charge >= 0.3 is 0 Å². The third-order valence-corrected chi connectivity index (χ3v) is 2.42. The smallest absolute Gasteiger partial charge is 0.132 e. The second kappa shape index (κ2) is 5.06. The van der Waals surface area contributed by atoms with Crippen molar-refractivity contribution in [1.82, 2.24) is 0 Å². The van der Waals surface area contributed by atoms with E-state index in [1.54, 1.807) is 6.07 Å². The van der Waals surface area contributed by atoms with Gasteiger partial charge in [-0.3, -0.25) is 0 Å². The van der Waals surface area contributed by atoms with E-state index in [0.717, 1.165) is 12.0 Å². The van der Waals surface area contributed by atoms with Gasteiger partial charge in [-0.2, -0.15) is 0 Å². The molecular weight excluding hydrogens is 189 g/mol. The quantitative estimate of drug-likeness (QED) is 0.723. The fourth-order valence-corrected chi connectivity index (χ4v) is 1.43. The summed E-state index contributed by atoms with van der Waals surface area (Å²) in [6.45, 7) is 6.07. The highest BCUT2D eigenvalue weighted by Crippen LogP contribution is 2.14. The molecular formula is C13H18FN. The van der Waals surface area contributed by atoms with E-state index < -0.39 is 0 Å². The van der Waals surface area contributed by atoms with Crippen LogP contribution < -0.4 is 0 Å². The Balaban J connectivity index is 2.74. The monoisotopic (exact) mass is 207 g/mol. The van der Waals surface area contributed by atoms with Gasteiger partial charge in [-0.15, -0.1) is 0 Å². The van der Waals surface area contributed by atoms with Gasteiger partial charge in [-0.25, -0.2) is 4.39 Å². The molecule has 0 radical (unpaired) electrons. The van der Waals surface area contributed by atoms with Crippen LogP contribution in [0.2, 0.25) is 0 Å². The molecule has 1 rings (SSSR count). The van der Waals surface area contributed by atoms with Gasteiger partial charge < -0.3 is 5.41 Å². The standard InChI is InChI=1S/C13H18FN/c1-9(2)4-7-13(15)11-6-5-10(3)8-12(11)14/h5-6,8-9,15H,4,7H2,1-3H3. The molecule has 1 aromatic carbocycles. The van der Waals surface area contributed by atoms with Crippen molar-refractivity contribution in [3.8, 4) is 0 Å². The second-order valence-electron chi connectivity index (χ2n) is 4.39. The lowest BCUT2D eigenvalue weighted by Gasteiger charge is -2.08. The first kappa shape index (κ1) is 11.9. The highest BCUT2D eigenvalue weighted by atomic mass is 19.1. The molecule has 0 heterocycles. The minimum Gasteiger partial charge on any atom is -0.305 e. The maximum absolute atomic E-state index is 13.5. The minimum atomic E-state index is -0.274. The number of aryl methyl sites for hydroxylation is 1. The van der Waals surface area contributed by atoms with E-state index in [1.165, 1.54) is 6.07 Å². The van der Waals surface area contributed by atoms with Crippen LogP contribution in [0.3, 0.4) is 0 Å². The highest BCUT2D eigenvalue weighted by Gasteiger charge is 2.08. The molecule has 0 aliphatic rings. The molecule has 0 aliphatic heterocycles. The molecule has 1 N–H and O–H groups in total. The third kappa shape index (κ3) is 3.46. The summed E-state index contributed by atoms with van der Waals surface area (Å²) in [5.74, 6) is 0.280. The minimum absolute atomic E-state index is 0.274. The zero-order valence-corrected chi connectivity index (χ0v) is 9.60. The zero-order chi connectivity index (χ0) is 11.4. The Morgan fingerprint density at radius 2 is 2.07 bits per heavy atom. The van der Waals surface area contributed by atoms with Gasteiger partial charge in [0.15, 0.2) is 0 Å². The van der Waals surface area contributed by atoms with Crippen LogP contribution in [-0.4, -0.2) is 5.71 Å². The molecule has 0 bridgehead atoms. The van der Waals surface area contributed by atoms with Gasteiger partial charge in [0, 0.05) is 11.3 Å². The lowest BCUT2D eigenvalue weighted by Crippen LogP contribution is -2.04. The largest absolute Gasteiger partial charge is 0.305 e. The van der Waals surface area contributed by atoms with Crippen LogP contribution in [0, 0.1) is 24.1 Å². The van der Waals surface area contributed by atoms with Crippen molar-refractivity contribution in [2.75, 3.05) is 0 Å². The molecule has 0 aliphatic carbocycles. The van der Waals surface area contributed by atoms with Gasteiger partial charge in [-0.1, -0.05) is 19.9 Å². The number of halogens is 1. The maximum atomic E-state index is 13.5. The van der Waals surface area contributed by atoms with E-state index in [9.17, 15) is 4.39 Å². The SMILES string of the molecule is Cc1ccc(C(=N)CCC(C)C)c(F)c1. The van der Waals surface area contributed by atoms with Crippen molar-refractivity contribution in [3.63, 3.8) is 0 Å². The first-order valence-corrected chi connectivity index (χ1v) is 5.34. The predicted octanol–water partition coefficient (Wildman–Crippen LogP) is 3.94. The summed E-state index contributed by atoms with van der Waals surface area (Å²) in [5.41, 5.74) is 1.75. The summed E-state index contributed by atoms with van der Waals surface area (Å²) in [5, 5.41) is 7.79. The number of hydrogen-bond donors (Lipinski definition) is 1. The van der Waals surface area contributed by atoms with Crippen LogP contribution in [0.1, 0.15) is 37.8 Å². The first-order valence-electron chi connectivity index (χ1n) is 5.34. The lowest BCUT2D eigenvalue weighted by molar-refractivity contribution is 0.598. The molecule has 82 valence electrons. The fourth-order valence-electron chi connectivity index (χ4n) is 1.43. The second-order valence-corrected chi connectivity index (χ2v) is 4.39. The summed E-state index contributed by atoms with van der Waals surface area (Å²) in [6.07, 6.45) is 1.59. The molecule has 15 heavy (non-hydrogen) atoms. The van der Waals surface area contributed by atoms with Crippen molar-refractivity contribution in [1.29, 1.82) is 5.41 Å². The first-order chi connectivity index (χ1) is 7.00. The third-order valence-electron chi connectivity index (χ3n) is 2.42. The van der Waals surface area contributed by atoms with Crippen LogP contribution in [0.15, 0.2) is 18.2 Å². The maximum Gasteiger partial charge on any atom is 0.132 e. The Kier molecular flexibility index (Phi) is 4.01. The van der Waals surface area contributed by atoms with Gasteiger partial charge in [0.05, 0.1) is 0 Å².